The van der Waals surface area contributed by atoms with Gasteiger partial charge in [-0.15, -0.1) is 0 Å². The molecular weight excluding hydrogens is 285 g/mol. The molecule has 2 saturated heterocycles. The quantitative estimate of drug-likeness (QED) is 0.844. The number of ether oxygens (including phenoxy) is 1. The van der Waals surface area contributed by atoms with E-state index in [0.717, 1.165) is 45.4 Å². The summed E-state index contributed by atoms with van der Waals surface area (Å²) in [6, 6.07) is 0. The predicted octanol–water partition coefficient (Wildman–Crippen LogP) is 1.95. The van der Waals surface area contributed by atoms with Crippen LogP contribution in [0.25, 0.3) is 0 Å². The topological polar surface area (TPSA) is 41.6 Å². The highest BCUT2D eigenvalue weighted by molar-refractivity contribution is 5.79. The zero-order chi connectivity index (χ0) is 15.3. The Balaban J connectivity index is 1.70. The van der Waals surface area contributed by atoms with Crippen LogP contribution >= 0.6 is 0 Å². The first kappa shape index (κ1) is 16.5. The molecule has 1 amide bonds. The van der Waals surface area contributed by atoms with Crippen LogP contribution in [0, 0.1) is 5.92 Å². The lowest BCUT2D eigenvalue weighted by Gasteiger charge is -2.32. The van der Waals surface area contributed by atoms with Gasteiger partial charge in [0.1, 0.15) is 6.54 Å². The molecular formula is C14H23F3N2O2. The summed E-state index contributed by atoms with van der Waals surface area (Å²) in [5.41, 5.74) is 0. The third-order valence-electron chi connectivity index (χ3n) is 4.13. The van der Waals surface area contributed by atoms with Crippen molar-refractivity contribution in [3.8, 4) is 0 Å². The van der Waals surface area contributed by atoms with Crippen molar-refractivity contribution in [2.24, 2.45) is 5.92 Å². The molecule has 7 heteroatoms. The summed E-state index contributed by atoms with van der Waals surface area (Å²) in [6.45, 7) is 1.91. The lowest BCUT2D eigenvalue weighted by Crippen LogP contribution is -2.45. The van der Waals surface area contributed by atoms with Crippen LogP contribution in [-0.4, -0.2) is 55.9 Å². The minimum absolute atomic E-state index is 0.310. The van der Waals surface area contributed by atoms with Crippen molar-refractivity contribution in [1.82, 2.24) is 10.2 Å². The zero-order valence-corrected chi connectivity index (χ0v) is 12.1. The van der Waals surface area contributed by atoms with E-state index in [9.17, 15) is 18.0 Å². The van der Waals surface area contributed by atoms with Gasteiger partial charge in [0.05, 0.1) is 12.0 Å². The summed E-state index contributed by atoms with van der Waals surface area (Å²) in [4.78, 5) is 14.0. The van der Waals surface area contributed by atoms with E-state index in [1.165, 1.54) is 0 Å². The van der Waals surface area contributed by atoms with Crippen molar-refractivity contribution in [1.29, 1.82) is 0 Å². The summed E-state index contributed by atoms with van der Waals surface area (Å²) in [7, 11) is 0. The maximum absolute atomic E-state index is 12.1. The van der Waals surface area contributed by atoms with Crippen LogP contribution in [0.15, 0.2) is 0 Å². The minimum atomic E-state index is -4.34. The average Bonchev–Trinajstić information content (AvgIpc) is 2.95. The number of alkyl halides is 3. The number of halogens is 3. The first-order valence-electron chi connectivity index (χ1n) is 7.62. The van der Waals surface area contributed by atoms with Crippen molar-refractivity contribution >= 4 is 5.91 Å². The molecule has 2 atom stereocenters. The molecule has 0 aromatic carbocycles. The third-order valence-corrected chi connectivity index (χ3v) is 4.13. The van der Waals surface area contributed by atoms with Crippen molar-refractivity contribution in [3.05, 3.63) is 0 Å². The van der Waals surface area contributed by atoms with Crippen LogP contribution in [-0.2, 0) is 9.53 Å². The van der Waals surface area contributed by atoms with Crippen LogP contribution in [0.2, 0.25) is 0 Å². The smallest absolute Gasteiger partial charge is 0.378 e. The summed E-state index contributed by atoms with van der Waals surface area (Å²) >= 11 is 0. The molecule has 0 saturated carbocycles. The Morgan fingerprint density at radius 1 is 1.29 bits per heavy atom. The highest BCUT2D eigenvalue weighted by atomic mass is 19.4. The highest BCUT2D eigenvalue weighted by Crippen LogP contribution is 2.20. The van der Waals surface area contributed by atoms with Gasteiger partial charge in [0.2, 0.25) is 5.91 Å². The summed E-state index contributed by atoms with van der Waals surface area (Å²) in [5.74, 6) is -0.806. The lowest BCUT2D eigenvalue weighted by atomic mass is 9.96. The number of carbonyl (C=O) groups excluding carboxylic acids is 1. The number of hydrogen-bond acceptors (Lipinski definition) is 3. The summed E-state index contributed by atoms with van der Waals surface area (Å²) in [5, 5.41) is 1.99. The molecule has 2 aliphatic rings. The van der Waals surface area contributed by atoms with Crippen molar-refractivity contribution in [2.75, 3.05) is 32.8 Å². The molecule has 0 aromatic heterocycles. The number of piperidine rings is 1. The maximum atomic E-state index is 12.1. The SMILES string of the molecule is O=C(NCC(F)(F)F)[C@@H]1CCCN(CC[C@H]2CCCO2)C1. The van der Waals surface area contributed by atoms with Gasteiger partial charge in [0.25, 0.3) is 0 Å². The highest BCUT2D eigenvalue weighted by Gasteiger charge is 2.31. The Morgan fingerprint density at radius 2 is 2.10 bits per heavy atom. The van der Waals surface area contributed by atoms with Crippen LogP contribution in [0.3, 0.4) is 0 Å². The summed E-state index contributed by atoms with van der Waals surface area (Å²) in [6.07, 6.45) is 0.622. The Morgan fingerprint density at radius 3 is 2.76 bits per heavy atom. The zero-order valence-electron chi connectivity index (χ0n) is 12.1. The molecule has 4 nitrogen and oxygen atoms in total. The van der Waals surface area contributed by atoms with Crippen molar-refractivity contribution in [3.63, 3.8) is 0 Å². The van der Waals surface area contributed by atoms with Gasteiger partial charge in [0, 0.05) is 19.7 Å². The average molecular weight is 308 g/mol. The molecule has 2 fully saturated rings. The first-order valence-corrected chi connectivity index (χ1v) is 7.62. The number of likely N-dealkylation sites (tertiary alicyclic amines) is 1. The van der Waals surface area contributed by atoms with Gasteiger partial charge in [-0.05, 0) is 38.6 Å². The van der Waals surface area contributed by atoms with Crippen LogP contribution in [0.1, 0.15) is 32.1 Å². The lowest BCUT2D eigenvalue weighted by molar-refractivity contribution is -0.141. The number of carbonyl (C=O) groups is 1. The van der Waals surface area contributed by atoms with Gasteiger partial charge in [-0.2, -0.15) is 13.2 Å². The van der Waals surface area contributed by atoms with E-state index in [1.807, 2.05) is 5.32 Å². The minimum Gasteiger partial charge on any atom is -0.378 e. The third kappa shape index (κ3) is 5.82. The number of nitrogens with zero attached hydrogens (tertiary/aromatic N) is 1. The van der Waals surface area contributed by atoms with Gasteiger partial charge in [-0.25, -0.2) is 0 Å². The molecule has 21 heavy (non-hydrogen) atoms. The van der Waals surface area contributed by atoms with E-state index in [4.69, 9.17) is 4.74 Å². The van der Waals surface area contributed by atoms with Gasteiger partial charge >= 0.3 is 6.18 Å². The van der Waals surface area contributed by atoms with E-state index in [-0.39, 0.29) is 5.92 Å². The van der Waals surface area contributed by atoms with E-state index in [2.05, 4.69) is 4.90 Å². The number of rotatable bonds is 5. The number of hydrogen-bond donors (Lipinski definition) is 1. The maximum Gasteiger partial charge on any atom is 0.405 e. The van der Waals surface area contributed by atoms with Crippen molar-refractivity contribution < 1.29 is 22.7 Å². The van der Waals surface area contributed by atoms with Crippen LogP contribution in [0.4, 0.5) is 13.2 Å². The Kier molecular flexibility index (Phi) is 5.87. The fourth-order valence-electron chi connectivity index (χ4n) is 3.00. The summed E-state index contributed by atoms with van der Waals surface area (Å²) < 4.78 is 41.9. The van der Waals surface area contributed by atoms with Gasteiger partial charge in [-0.3, -0.25) is 4.79 Å². The second kappa shape index (κ2) is 7.45. The van der Waals surface area contributed by atoms with Crippen molar-refractivity contribution in [2.45, 2.75) is 44.4 Å². The molecule has 0 radical (unpaired) electrons. The fourth-order valence-corrected chi connectivity index (χ4v) is 3.00. The molecule has 0 unspecified atom stereocenters. The molecule has 2 aliphatic heterocycles. The molecule has 2 rings (SSSR count). The monoisotopic (exact) mass is 308 g/mol. The molecule has 0 aromatic rings. The van der Waals surface area contributed by atoms with Crippen LogP contribution < -0.4 is 5.32 Å². The standard InChI is InChI=1S/C14H23F3N2O2/c15-14(16,17)10-18-13(20)11-3-1-6-19(9-11)7-5-12-4-2-8-21-12/h11-12H,1-10H2,(H,18,20)/t11-,12-/m1/s1. The molecule has 2 heterocycles. The molecule has 1 N–H and O–H groups in total. The number of nitrogens with one attached hydrogen (secondary N) is 1. The Hall–Kier alpha value is -0.820. The second-order valence-electron chi connectivity index (χ2n) is 5.90. The van der Waals surface area contributed by atoms with E-state index >= 15 is 0 Å². The van der Waals surface area contributed by atoms with Gasteiger partial charge in [-0.1, -0.05) is 0 Å². The predicted molar refractivity (Wildman–Crippen MR) is 71.8 cm³/mol. The Bertz CT molecular complexity index is 344. The second-order valence-corrected chi connectivity index (χ2v) is 5.90. The van der Waals surface area contributed by atoms with Gasteiger partial charge in [0.15, 0.2) is 0 Å². The van der Waals surface area contributed by atoms with E-state index < -0.39 is 18.6 Å². The van der Waals surface area contributed by atoms with Gasteiger partial charge < -0.3 is 15.0 Å². The first-order chi connectivity index (χ1) is 9.94. The number of amides is 1. The largest absolute Gasteiger partial charge is 0.405 e. The van der Waals surface area contributed by atoms with E-state index in [1.54, 1.807) is 0 Å². The van der Waals surface area contributed by atoms with E-state index in [0.29, 0.717) is 19.1 Å². The molecule has 0 spiro atoms. The molecule has 122 valence electrons. The fraction of sp³-hybridized carbons (Fsp3) is 0.929. The normalized spacial score (nSPS) is 27.8. The molecule has 0 aliphatic carbocycles. The van der Waals surface area contributed by atoms with Crippen LogP contribution in [0.5, 0.6) is 0 Å². The molecule has 0 bridgehead atoms. The Labute approximate surface area is 123 Å².